The number of carbonyl (C=O) groups excluding carboxylic acids is 1. The summed E-state index contributed by atoms with van der Waals surface area (Å²) >= 11 is 0. The Bertz CT molecular complexity index is 900. The molecule has 130 valence electrons. The lowest BCUT2D eigenvalue weighted by Gasteiger charge is -2.21. The number of carbonyl (C=O) groups is 1. The maximum Gasteiger partial charge on any atom is 0.271 e. The Hall–Kier alpha value is -3.00. The van der Waals surface area contributed by atoms with E-state index in [0.29, 0.717) is 5.56 Å². The van der Waals surface area contributed by atoms with Crippen molar-refractivity contribution in [2.75, 3.05) is 6.54 Å². The van der Waals surface area contributed by atoms with Crippen molar-refractivity contribution in [2.24, 2.45) is 7.05 Å². The number of aromatic nitrogens is 4. The summed E-state index contributed by atoms with van der Waals surface area (Å²) in [5, 5.41) is 21.2. The summed E-state index contributed by atoms with van der Waals surface area (Å²) in [5.41, 5.74) is -0.292. The molecule has 3 aromatic rings. The van der Waals surface area contributed by atoms with E-state index < -0.39 is 17.3 Å². The molecule has 7 nitrogen and oxygen atoms in total. The number of para-hydroxylation sites is 1. The summed E-state index contributed by atoms with van der Waals surface area (Å²) in [6.07, 6.45) is 4.73. The molecule has 2 N–H and O–H groups in total. The summed E-state index contributed by atoms with van der Waals surface area (Å²) < 4.78 is 16.6. The predicted molar refractivity (Wildman–Crippen MR) is 88.6 cm³/mol. The number of benzene rings is 1. The first kappa shape index (κ1) is 16.8. The van der Waals surface area contributed by atoms with Gasteiger partial charge in [0.25, 0.3) is 5.91 Å². The van der Waals surface area contributed by atoms with Crippen molar-refractivity contribution in [3.63, 3.8) is 0 Å². The van der Waals surface area contributed by atoms with E-state index in [1.54, 1.807) is 49.2 Å². The van der Waals surface area contributed by atoms with E-state index in [2.05, 4.69) is 15.5 Å². The molecule has 0 radical (unpaired) electrons. The van der Waals surface area contributed by atoms with Crippen LogP contribution in [0.25, 0.3) is 5.69 Å². The molecule has 1 atom stereocenters. The highest BCUT2D eigenvalue weighted by atomic mass is 19.1. The highest BCUT2D eigenvalue weighted by Gasteiger charge is 2.26. The van der Waals surface area contributed by atoms with Crippen LogP contribution in [0.2, 0.25) is 0 Å². The number of hydrogen-bond donors (Lipinski definition) is 2. The quantitative estimate of drug-likeness (QED) is 0.733. The molecule has 0 aliphatic heterocycles. The lowest BCUT2D eigenvalue weighted by molar-refractivity contribution is 0.0524. The SMILES string of the molecule is Cn1cc(C(C)(O)CNC(=O)c2ccn(-c3ccccc3F)n2)cn1. The van der Waals surface area contributed by atoms with Crippen molar-refractivity contribution in [3.8, 4) is 5.69 Å². The second-order valence-electron chi connectivity index (χ2n) is 5.96. The monoisotopic (exact) mass is 343 g/mol. The van der Waals surface area contributed by atoms with Crippen LogP contribution in [0.5, 0.6) is 0 Å². The maximum atomic E-state index is 13.8. The molecule has 8 heteroatoms. The van der Waals surface area contributed by atoms with E-state index >= 15 is 0 Å². The van der Waals surface area contributed by atoms with Crippen LogP contribution >= 0.6 is 0 Å². The Morgan fingerprint density at radius 2 is 2.12 bits per heavy atom. The first-order chi connectivity index (χ1) is 11.9. The summed E-state index contributed by atoms with van der Waals surface area (Å²) in [6, 6.07) is 7.64. The lowest BCUT2D eigenvalue weighted by atomic mass is 10.00. The van der Waals surface area contributed by atoms with Crippen LogP contribution in [0, 0.1) is 5.82 Å². The van der Waals surface area contributed by atoms with Gasteiger partial charge < -0.3 is 10.4 Å². The van der Waals surface area contributed by atoms with Gasteiger partial charge in [0, 0.05) is 25.0 Å². The molecule has 0 aliphatic rings. The van der Waals surface area contributed by atoms with Gasteiger partial charge >= 0.3 is 0 Å². The van der Waals surface area contributed by atoms with Gasteiger partial charge in [0.2, 0.25) is 0 Å². The Morgan fingerprint density at radius 1 is 1.36 bits per heavy atom. The zero-order valence-electron chi connectivity index (χ0n) is 13.8. The van der Waals surface area contributed by atoms with Gasteiger partial charge in [0.15, 0.2) is 5.69 Å². The number of aliphatic hydroxyl groups is 1. The molecule has 0 bridgehead atoms. The summed E-state index contributed by atoms with van der Waals surface area (Å²) in [5.74, 6) is -0.892. The van der Waals surface area contributed by atoms with Crippen LogP contribution in [-0.4, -0.2) is 37.1 Å². The molecular weight excluding hydrogens is 325 g/mol. The average Bonchev–Trinajstić information content (AvgIpc) is 3.23. The topological polar surface area (TPSA) is 85.0 Å². The molecule has 3 rings (SSSR count). The molecule has 0 saturated carbocycles. The Labute approximate surface area is 143 Å². The van der Waals surface area contributed by atoms with Gasteiger partial charge in [-0.1, -0.05) is 12.1 Å². The average molecular weight is 343 g/mol. The third-order valence-corrected chi connectivity index (χ3v) is 3.84. The standard InChI is InChI=1S/C17H18FN5O2/c1-17(25,12-9-20-22(2)10-12)11-19-16(24)14-7-8-23(21-14)15-6-4-3-5-13(15)18/h3-10,25H,11H2,1-2H3,(H,19,24). The van der Waals surface area contributed by atoms with Crippen molar-refractivity contribution < 1.29 is 14.3 Å². The van der Waals surface area contributed by atoms with Crippen molar-refractivity contribution in [1.29, 1.82) is 0 Å². The summed E-state index contributed by atoms with van der Waals surface area (Å²) in [7, 11) is 1.74. The van der Waals surface area contributed by atoms with Gasteiger partial charge in [-0.05, 0) is 25.1 Å². The number of rotatable bonds is 5. The van der Waals surface area contributed by atoms with E-state index in [-0.39, 0.29) is 17.9 Å². The Balaban J connectivity index is 1.69. The molecule has 0 saturated heterocycles. The smallest absolute Gasteiger partial charge is 0.271 e. The van der Waals surface area contributed by atoms with Crippen molar-refractivity contribution in [2.45, 2.75) is 12.5 Å². The fourth-order valence-corrected chi connectivity index (χ4v) is 2.36. The molecule has 0 fully saturated rings. The van der Waals surface area contributed by atoms with Gasteiger partial charge in [-0.3, -0.25) is 9.48 Å². The van der Waals surface area contributed by atoms with E-state index in [1.807, 2.05) is 0 Å². The molecular formula is C17H18FN5O2. The van der Waals surface area contributed by atoms with Gasteiger partial charge in [-0.15, -0.1) is 0 Å². The van der Waals surface area contributed by atoms with Crippen molar-refractivity contribution in [3.05, 3.63) is 66.0 Å². The van der Waals surface area contributed by atoms with Crippen LogP contribution < -0.4 is 5.32 Å². The maximum absolute atomic E-state index is 13.8. The molecule has 1 unspecified atom stereocenters. The first-order valence-corrected chi connectivity index (χ1v) is 7.67. The lowest BCUT2D eigenvalue weighted by Crippen LogP contribution is -2.38. The first-order valence-electron chi connectivity index (χ1n) is 7.67. The van der Waals surface area contributed by atoms with Crippen LogP contribution in [-0.2, 0) is 12.6 Å². The zero-order valence-corrected chi connectivity index (χ0v) is 13.8. The minimum Gasteiger partial charge on any atom is -0.383 e. The van der Waals surface area contributed by atoms with E-state index in [1.165, 1.54) is 23.0 Å². The van der Waals surface area contributed by atoms with Crippen LogP contribution in [0.4, 0.5) is 4.39 Å². The minimum absolute atomic E-state index is 0.00984. The second-order valence-corrected chi connectivity index (χ2v) is 5.96. The number of halogens is 1. The third kappa shape index (κ3) is 3.58. The fraction of sp³-hybridized carbons (Fsp3) is 0.235. The van der Waals surface area contributed by atoms with Crippen LogP contribution in [0.1, 0.15) is 23.0 Å². The van der Waals surface area contributed by atoms with Crippen molar-refractivity contribution >= 4 is 5.91 Å². The van der Waals surface area contributed by atoms with E-state index in [9.17, 15) is 14.3 Å². The molecule has 25 heavy (non-hydrogen) atoms. The highest BCUT2D eigenvalue weighted by molar-refractivity contribution is 5.92. The minimum atomic E-state index is -1.27. The van der Waals surface area contributed by atoms with Crippen LogP contribution in [0.15, 0.2) is 48.9 Å². The number of nitrogens with zero attached hydrogens (tertiary/aromatic N) is 4. The Kier molecular flexibility index (Phi) is 4.37. The van der Waals surface area contributed by atoms with Crippen molar-refractivity contribution in [1.82, 2.24) is 24.9 Å². The molecule has 1 aromatic carbocycles. The number of hydrogen-bond acceptors (Lipinski definition) is 4. The fourth-order valence-electron chi connectivity index (χ4n) is 2.36. The van der Waals surface area contributed by atoms with Gasteiger partial charge in [0.1, 0.15) is 17.1 Å². The summed E-state index contributed by atoms with van der Waals surface area (Å²) in [6.45, 7) is 1.58. The highest BCUT2D eigenvalue weighted by Crippen LogP contribution is 2.18. The number of aryl methyl sites for hydroxylation is 1. The van der Waals surface area contributed by atoms with E-state index in [0.717, 1.165) is 0 Å². The second kappa shape index (κ2) is 6.48. The number of nitrogens with one attached hydrogen (secondary N) is 1. The molecule has 1 amide bonds. The molecule has 2 heterocycles. The van der Waals surface area contributed by atoms with Crippen LogP contribution in [0.3, 0.4) is 0 Å². The van der Waals surface area contributed by atoms with Gasteiger partial charge in [0.05, 0.1) is 12.7 Å². The summed E-state index contributed by atoms with van der Waals surface area (Å²) in [4.78, 5) is 12.2. The van der Waals surface area contributed by atoms with Gasteiger partial charge in [-0.25, -0.2) is 9.07 Å². The molecule has 0 aliphatic carbocycles. The Morgan fingerprint density at radius 3 is 2.80 bits per heavy atom. The molecule has 2 aromatic heterocycles. The normalized spacial score (nSPS) is 13.4. The number of amides is 1. The third-order valence-electron chi connectivity index (χ3n) is 3.84. The van der Waals surface area contributed by atoms with Gasteiger partial charge in [-0.2, -0.15) is 10.2 Å². The zero-order chi connectivity index (χ0) is 18.0. The van der Waals surface area contributed by atoms with E-state index in [4.69, 9.17) is 0 Å². The molecule has 0 spiro atoms. The largest absolute Gasteiger partial charge is 0.383 e. The predicted octanol–water partition coefficient (Wildman–Crippen LogP) is 1.38.